The zero-order chi connectivity index (χ0) is 15.9. The van der Waals surface area contributed by atoms with E-state index in [0.717, 1.165) is 33.5 Å². The Kier molecular flexibility index (Phi) is 3.54. The Morgan fingerprint density at radius 3 is 2.68 bits per heavy atom. The summed E-state index contributed by atoms with van der Waals surface area (Å²) >= 11 is 5.77. The highest BCUT2D eigenvalue weighted by atomic mass is 35.5. The van der Waals surface area contributed by atoms with E-state index in [1.807, 2.05) is 26.0 Å². The lowest BCUT2D eigenvalue weighted by Crippen LogP contribution is -1.97. The molecule has 0 aliphatic rings. The number of methoxy groups -OCH3 is 1. The van der Waals surface area contributed by atoms with Crippen molar-refractivity contribution in [1.82, 2.24) is 10.1 Å². The summed E-state index contributed by atoms with van der Waals surface area (Å²) in [6, 6.07) is 3.77. The summed E-state index contributed by atoms with van der Waals surface area (Å²) in [6.45, 7) is 3.75. The van der Waals surface area contributed by atoms with Gasteiger partial charge in [0, 0.05) is 22.7 Å². The maximum Gasteiger partial charge on any atom is 0.141 e. The SMILES string of the molecule is COc1cc2c(NCl)c(N)cnc2cc1-c1c(C)noc1C. The minimum Gasteiger partial charge on any atom is -0.496 e. The van der Waals surface area contributed by atoms with E-state index in [2.05, 4.69) is 15.0 Å². The van der Waals surface area contributed by atoms with Gasteiger partial charge in [0.05, 0.1) is 41.5 Å². The fraction of sp³-hybridized carbons (Fsp3) is 0.200. The third kappa shape index (κ3) is 2.12. The molecule has 3 aromatic rings. The topological polar surface area (TPSA) is 86.2 Å². The number of anilines is 2. The second-order valence-electron chi connectivity index (χ2n) is 4.95. The van der Waals surface area contributed by atoms with Crippen LogP contribution in [0.2, 0.25) is 0 Å². The molecule has 0 bridgehead atoms. The number of aryl methyl sites for hydroxylation is 2. The van der Waals surface area contributed by atoms with Gasteiger partial charge in [0.1, 0.15) is 11.5 Å². The zero-order valence-electron chi connectivity index (χ0n) is 12.4. The molecule has 0 saturated heterocycles. The fourth-order valence-electron chi connectivity index (χ4n) is 2.57. The highest BCUT2D eigenvalue weighted by Crippen LogP contribution is 2.40. The second-order valence-corrected chi connectivity index (χ2v) is 5.14. The molecule has 3 rings (SSSR count). The normalized spacial score (nSPS) is 10.9. The first-order valence-corrected chi connectivity index (χ1v) is 7.00. The third-order valence-electron chi connectivity index (χ3n) is 3.62. The van der Waals surface area contributed by atoms with Crippen LogP contribution in [0.4, 0.5) is 11.4 Å². The molecule has 0 aliphatic heterocycles. The number of rotatable bonds is 3. The number of nitrogen functional groups attached to an aromatic ring is 1. The molecule has 2 aromatic heterocycles. The quantitative estimate of drug-likeness (QED) is 0.717. The number of halogens is 1. The van der Waals surface area contributed by atoms with E-state index in [9.17, 15) is 0 Å². The number of pyridine rings is 1. The standard InChI is InChI=1S/C15H15ClN4O2/c1-7-14(8(2)22-20-7)10-4-12-9(5-13(10)21-3)15(19-16)11(17)6-18-12/h4-6H,17H2,1-3H3,(H,18,19). The van der Waals surface area contributed by atoms with E-state index in [0.29, 0.717) is 17.1 Å². The van der Waals surface area contributed by atoms with Crippen LogP contribution in [-0.2, 0) is 0 Å². The van der Waals surface area contributed by atoms with E-state index in [4.69, 9.17) is 26.8 Å². The van der Waals surface area contributed by atoms with Gasteiger partial charge in [-0.25, -0.2) is 0 Å². The average Bonchev–Trinajstić information content (AvgIpc) is 2.85. The summed E-state index contributed by atoms with van der Waals surface area (Å²) < 4.78 is 10.8. The first-order valence-electron chi connectivity index (χ1n) is 6.63. The van der Waals surface area contributed by atoms with Crippen molar-refractivity contribution >= 4 is 34.1 Å². The van der Waals surface area contributed by atoms with Crippen molar-refractivity contribution in [2.24, 2.45) is 0 Å². The number of hydrogen-bond donors (Lipinski definition) is 2. The molecule has 0 radical (unpaired) electrons. The molecular weight excluding hydrogens is 304 g/mol. The average molecular weight is 319 g/mol. The molecule has 1 aromatic carbocycles. The van der Waals surface area contributed by atoms with Crippen molar-refractivity contribution in [1.29, 1.82) is 0 Å². The smallest absolute Gasteiger partial charge is 0.141 e. The minimum atomic E-state index is 0.467. The molecule has 0 saturated carbocycles. The minimum absolute atomic E-state index is 0.467. The summed E-state index contributed by atoms with van der Waals surface area (Å²) in [5, 5.41) is 4.77. The van der Waals surface area contributed by atoms with Crippen LogP contribution in [0.5, 0.6) is 5.75 Å². The van der Waals surface area contributed by atoms with Gasteiger partial charge < -0.3 is 15.0 Å². The van der Waals surface area contributed by atoms with Gasteiger partial charge in [-0.1, -0.05) is 5.16 Å². The summed E-state index contributed by atoms with van der Waals surface area (Å²) in [6.07, 6.45) is 1.57. The van der Waals surface area contributed by atoms with E-state index in [1.54, 1.807) is 13.3 Å². The van der Waals surface area contributed by atoms with Crippen molar-refractivity contribution in [2.75, 3.05) is 17.7 Å². The maximum absolute atomic E-state index is 5.89. The molecule has 3 N–H and O–H groups in total. The number of aromatic nitrogens is 2. The zero-order valence-corrected chi connectivity index (χ0v) is 13.2. The summed E-state index contributed by atoms with van der Waals surface area (Å²) in [7, 11) is 1.61. The van der Waals surface area contributed by atoms with Crippen LogP contribution in [-0.4, -0.2) is 17.3 Å². The lowest BCUT2D eigenvalue weighted by Gasteiger charge is -2.13. The summed E-state index contributed by atoms with van der Waals surface area (Å²) in [4.78, 5) is 6.95. The summed E-state index contributed by atoms with van der Waals surface area (Å²) in [5.74, 6) is 1.39. The number of nitrogens with zero attached hydrogens (tertiary/aromatic N) is 2. The predicted molar refractivity (Wildman–Crippen MR) is 87.2 cm³/mol. The second kappa shape index (κ2) is 5.38. The molecule has 22 heavy (non-hydrogen) atoms. The number of nitrogens with two attached hydrogens (primary N) is 1. The predicted octanol–water partition coefficient (Wildman–Crippen LogP) is 3.66. The molecule has 0 fully saturated rings. The Bertz CT molecular complexity index is 841. The molecular formula is C15H15ClN4O2. The van der Waals surface area contributed by atoms with Crippen LogP contribution in [0.3, 0.4) is 0 Å². The highest BCUT2D eigenvalue weighted by molar-refractivity contribution is 6.27. The van der Waals surface area contributed by atoms with Crippen molar-refractivity contribution in [3.63, 3.8) is 0 Å². The van der Waals surface area contributed by atoms with Crippen LogP contribution >= 0.6 is 11.8 Å². The molecule has 114 valence electrons. The maximum atomic E-state index is 5.89. The van der Waals surface area contributed by atoms with Gasteiger partial charge in [0.2, 0.25) is 0 Å². The summed E-state index contributed by atoms with van der Waals surface area (Å²) in [5.41, 5.74) is 10.3. The fourth-order valence-corrected chi connectivity index (χ4v) is 2.78. The largest absolute Gasteiger partial charge is 0.496 e. The lowest BCUT2D eigenvalue weighted by molar-refractivity contribution is 0.393. The van der Waals surface area contributed by atoms with Gasteiger partial charge in [-0.15, -0.1) is 0 Å². The van der Waals surface area contributed by atoms with Crippen LogP contribution in [0.15, 0.2) is 22.9 Å². The Morgan fingerprint density at radius 2 is 2.09 bits per heavy atom. The van der Waals surface area contributed by atoms with Gasteiger partial charge in [0.25, 0.3) is 0 Å². The number of hydrogen-bond acceptors (Lipinski definition) is 6. The molecule has 0 aliphatic carbocycles. The van der Waals surface area contributed by atoms with Gasteiger partial charge in [-0.2, -0.15) is 0 Å². The van der Waals surface area contributed by atoms with Gasteiger partial charge in [-0.05, 0) is 26.0 Å². The Balaban J connectivity index is 2.36. The molecule has 7 heteroatoms. The van der Waals surface area contributed by atoms with Crippen molar-refractivity contribution < 1.29 is 9.26 Å². The lowest BCUT2D eigenvalue weighted by atomic mass is 10.00. The molecule has 2 heterocycles. The number of benzene rings is 1. The van der Waals surface area contributed by atoms with Gasteiger partial charge in [-0.3, -0.25) is 9.82 Å². The van der Waals surface area contributed by atoms with E-state index in [1.165, 1.54) is 0 Å². The van der Waals surface area contributed by atoms with Crippen LogP contribution in [0.1, 0.15) is 11.5 Å². The van der Waals surface area contributed by atoms with E-state index < -0.39 is 0 Å². The Labute approximate surface area is 132 Å². The van der Waals surface area contributed by atoms with Gasteiger partial charge in [0.15, 0.2) is 0 Å². The van der Waals surface area contributed by atoms with Gasteiger partial charge >= 0.3 is 0 Å². The third-order valence-corrected chi connectivity index (χ3v) is 3.80. The van der Waals surface area contributed by atoms with E-state index in [-0.39, 0.29) is 0 Å². The van der Waals surface area contributed by atoms with Crippen LogP contribution in [0.25, 0.3) is 22.0 Å². The number of fused-ring (bicyclic) bond motifs is 1. The Hall–Kier alpha value is -2.47. The van der Waals surface area contributed by atoms with Crippen LogP contribution in [0, 0.1) is 13.8 Å². The highest BCUT2D eigenvalue weighted by Gasteiger charge is 2.18. The number of ether oxygens (including phenoxy) is 1. The first-order chi connectivity index (χ1) is 10.6. The molecule has 0 amide bonds. The molecule has 0 spiro atoms. The van der Waals surface area contributed by atoms with Crippen molar-refractivity contribution in [2.45, 2.75) is 13.8 Å². The molecule has 0 atom stereocenters. The van der Waals surface area contributed by atoms with Crippen LogP contribution < -0.4 is 15.3 Å². The van der Waals surface area contributed by atoms with E-state index >= 15 is 0 Å². The Morgan fingerprint density at radius 1 is 1.32 bits per heavy atom. The molecule has 6 nitrogen and oxygen atoms in total. The first kappa shape index (κ1) is 14.5. The van der Waals surface area contributed by atoms with Crippen molar-refractivity contribution in [3.8, 4) is 16.9 Å². The number of nitrogens with one attached hydrogen (secondary N) is 1. The molecule has 0 unspecified atom stereocenters. The monoisotopic (exact) mass is 318 g/mol. The van der Waals surface area contributed by atoms with Crippen molar-refractivity contribution in [3.05, 3.63) is 29.8 Å².